The normalized spacial score (nSPS) is 13.9. The Morgan fingerprint density at radius 3 is 2.00 bits per heavy atom. The number of carbonyl (C=O) groups is 3. The van der Waals surface area contributed by atoms with E-state index in [0.717, 1.165) is 10.5 Å². The first kappa shape index (κ1) is 19.1. The van der Waals surface area contributed by atoms with Gasteiger partial charge in [-0.05, 0) is 45.8 Å². The number of fused-ring (bicyclic) bond motifs is 1. The summed E-state index contributed by atoms with van der Waals surface area (Å²) in [6.45, 7) is 0. The SMILES string of the molecule is O=C(Nc1ccccc1Br)C(Cc1ccccc1)N1C(=O)c2ccccc2C1=O. The summed E-state index contributed by atoms with van der Waals surface area (Å²) in [4.78, 5) is 40.3. The molecule has 3 aromatic carbocycles. The van der Waals surface area contributed by atoms with Crippen molar-refractivity contribution in [2.75, 3.05) is 5.32 Å². The molecule has 29 heavy (non-hydrogen) atoms. The molecular weight excluding hydrogens is 432 g/mol. The maximum absolute atomic E-state index is 13.2. The van der Waals surface area contributed by atoms with Crippen molar-refractivity contribution in [3.63, 3.8) is 0 Å². The molecule has 1 unspecified atom stereocenters. The van der Waals surface area contributed by atoms with Crippen molar-refractivity contribution in [1.29, 1.82) is 0 Å². The zero-order valence-electron chi connectivity index (χ0n) is 15.3. The maximum atomic E-state index is 13.2. The van der Waals surface area contributed by atoms with E-state index in [1.165, 1.54) is 0 Å². The number of rotatable bonds is 5. The molecule has 1 aliphatic heterocycles. The molecule has 3 amide bonds. The minimum atomic E-state index is -0.975. The van der Waals surface area contributed by atoms with Crippen molar-refractivity contribution < 1.29 is 14.4 Å². The fourth-order valence-electron chi connectivity index (χ4n) is 3.41. The lowest BCUT2D eigenvalue weighted by atomic mass is 10.0. The monoisotopic (exact) mass is 448 g/mol. The van der Waals surface area contributed by atoms with Gasteiger partial charge in [-0.2, -0.15) is 0 Å². The Labute approximate surface area is 176 Å². The molecule has 4 rings (SSSR count). The van der Waals surface area contributed by atoms with Gasteiger partial charge in [0.15, 0.2) is 0 Å². The lowest BCUT2D eigenvalue weighted by molar-refractivity contribution is -0.119. The maximum Gasteiger partial charge on any atom is 0.262 e. The predicted molar refractivity (Wildman–Crippen MR) is 114 cm³/mol. The molecule has 1 heterocycles. The van der Waals surface area contributed by atoms with E-state index in [2.05, 4.69) is 21.2 Å². The highest BCUT2D eigenvalue weighted by molar-refractivity contribution is 9.10. The summed E-state index contributed by atoms with van der Waals surface area (Å²) in [6, 6.07) is 22.2. The van der Waals surface area contributed by atoms with Crippen molar-refractivity contribution in [2.24, 2.45) is 0 Å². The van der Waals surface area contributed by atoms with E-state index >= 15 is 0 Å². The molecule has 0 saturated heterocycles. The van der Waals surface area contributed by atoms with Crippen LogP contribution < -0.4 is 5.32 Å². The molecule has 3 aromatic rings. The first-order valence-corrected chi connectivity index (χ1v) is 9.92. The summed E-state index contributed by atoms with van der Waals surface area (Å²) in [5.41, 5.74) is 2.08. The fraction of sp³-hybridized carbons (Fsp3) is 0.0870. The number of amides is 3. The van der Waals surface area contributed by atoms with Crippen LogP contribution >= 0.6 is 15.9 Å². The summed E-state index contributed by atoms with van der Waals surface area (Å²) >= 11 is 3.41. The van der Waals surface area contributed by atoms with Crippen LogP contribution in [0.5, 0.6) is 0 Å². The van der Waals surface area contributed by atoms with Crippen LogP contribution in [0.25, 0.3) is 0 Å². The molecule has 6 heteroatoms. The molecular formula is C23H17BrN2O3. The molecule has 1 aliphatic rings. The minimum absolute atomic E-state index is 0.225. The van der Waals surface area contributed by atoms with Gasteiger partial charge in [0.05, 0.1) is 16.8 Å². The number of carbonyl (C=O) groups excluding carboxylic acids is 3. The summed E-state index contributed by atoms with van der Waals surface area (Å²) in [5, 5.41) is 2.84. The molecule has 0 aromatic heterocycles. The van der Waals surface area contributed by atoms with Crippen molar-refractivity contribution in [1.82, 2.24) is 4.90 Å². The van der Waals surface area contributed by atoms with Gasteiger partial charge in [0.25, 0.3) is 11.8 Å². The smallest absolute Gasteiger partial charge is 0.262 e. The Morgan fingerprint density at radius 1 is 0.828 bits per heavy atom. The van der Waals surface area contributed by atoms with Crippen LogP contribution in [-0.2, 0) is 11.2 Å². The van der Waals surface area contributed by atoms with Crippen molar-refractivity contribution in [3.05, 3.63) is 100 Å². The Balaban J connectivity index is 1.69. The average Bonchev–Trinajstić information content (AvgIpc) is 2.99. The van der Waals surface area contributed by atoms with Gasteiger partial charge in [0.2, 0.25) is 5.91 Å². The number of hydrogen-bond acceptors (Lipinski definition) is 3. The lowest BCUT2D eigenvalue weighted by Gasteiger charge is -2.25. The number of imide groups is 1. The van der Waals surface area contributed by atoms with Crippen LogP contribution in [0.1, 0.15) is 26.3 Å². The third kappa shape index (κ3) is 3.71. The van der Waals surface area contributed by atoms with Crippen LogP contribution in [0.4, 0.5) is 5.69 Å². The Hall–Kier alpha value is -3.25. The average molecular weight is 449 g/mol. The third-order valence-electron chi connectivity index (χ3n) is 4.84. The number of para-hydroxylation sites is 1. The number of nitrogens with one attached hydrogen (secondary N) is 1. The molecule has 0 spiro atoms. The Kier molecular flexibility index (Phi) is 5.27. The zero-order valence-corrected chi connectivity index (χ0v) is 16.9. The zero-order chi connectivity index (χ0) is 20.4. The number of nitrogens with zero attached hydrogens (tertiary/aromatic N) is 1. The van der Waals surface area contributed by atoms with Gasteiger partial charge >= 0.3 is 0 Å². The molecule has 5 nitrogen and oxygen atoms in total. The van der Waals surface area contributed by atoms with Crippen LogP contribution in [0.3, 0.4) is 0 Å². The topological polar surface area (TPSA) is 66.5 Å². The Morgan fingerprint density at radius 2 is 1.38 bits per heavy atom. The third-order valence-corrected chi connectivity index (χ3v) is 5.53. The summed E-state index contributed by atoms with van der Waals surface area (Å²) in [6.07, 6.45) is 0.225. The van der Waals surface area contributed by atoms with Gasteiger partial charge in [-0.15, -0.1) is 0 Å². The predicted octanol–water partition coefficient (Wildman–Crippen LogP) is 4.30. The van der Waals surface area contributed by atoms with E-state index in [1.807, 2.05) is 42.5 Å². The highest BCUT2D eigenvalue weighted by atomic mass is 79.9. The molecule has 144 valence electrons. The highest BCUT2D eigenvalue weighted by Crippen LogP contribution is 2.28. The molecule has 0 bridgehead atoms. The van der Waals surface area contributed by atoms with Crippen LogP contribution in [0.15, 0.2) is 83.3 Å². The van der Waals surface area contributed by atoms with E-state index in [1.54, 1.807) is 36.4 Å². The van der Waals surface area contributed by atoms with Crippen LogP contribution in [-0.4, -0.2) is 28.7 Å². The first-order chi connectivity index (χ1) is 14.1. The molecule has 0 aliphatic carbocycles. The van der Waals surface area contributed by atoms with Crippen molar-refractivity contribution >= 4 is 39.3 Å². The number of benzene rings is 3. The van der Waals surface area contributed by atoms with Crippen LogP contribution in [0.2, 0.25) is 0 Å². The van der Waals surface area contributed by atoms with E-state index in [9.17, 15) is 14.4 Å². The molecule has 0 saturated carbocycles. The van der Waals surface area contributed by atoms with Crippen LogP contribution in [0, 0.1) is 0 Å². The van der Waals surface area contributed by atoms with E-state index in [0.29, 0.717) is 21.3 Å². The van der Waals surface area contributed by atoms with E-state index in [4.69, 9.17) is 0 Å². The Bertz CT molecular complexity index is 1060. The molecule has 0 fully saturated rings. The van der Waals surface area contributed by atoms with Crippen molar-refractivity contribution in [3.8, 4) is 0 Å². The quantitative estimate of drug-likeness (QED) is 0.591. The van der Waals surface area contributed by atoms with E-state index < -0.39 is 23.8 Å². The molecule has 1 atom stereocenters. The van der Waals surface area contributed by atoms with Gasteiger partial charge < -0.3 is 5.32 Å². The largest absolute Gasteiger partial charge is 0.323 e. The number of halogens is 1. The minimum Gasteiger partial charge on any atom is -0.323 e. The van der Waals surface area contributed by atoms with Gasteiger partial charge in [0, 0.05) is 10.9 Å². The number of hydrogen-bond donors (Lipinski definition) is 1. The summed E-state index contributed by atoms with van der Waals surface area (Å²) < 4.78 is 0.717. The van der Waals surface area contributed by atoms with Crippen molar-refractivity contribution in [2.45, 2.75) is 12.5 Å². The van der Waals surface area contributed by atoms with Gasteiger partial charge in [-0.3, -0.25) is 19.3 Å². The van der Waals surface area contributed by atoms with E-state index in [-0.39, 0.29) is 6.42 Å². The lowest BCUT2D eigenvalue weighted by Crippen LogP contribution is -2.48. The standard InChI is InChI=1S/C23H17BrN2O3/c24-18-12-6-7-13-19(18)25-21(27)20(14-15-8-2-1-3-9-15)26-22(28)16-10-4-5-11-17(16)23(26)29/h1-13,20H,14H2,(H,25,27). The fourth-order valence-corrected chi connectivity index (χ4v) is 3.79. The van der Waals surface area contributed by atoms with Gasteiger partial charge in [-0.25, -0.2) is 0 Å². The highest BCUT2D eigenvalue weighted by Gasteiger charge is 2.42. The van der Waals surface area contributed by atoms with Gasteiger partial charge in [0.1, 0.15) is 6.04 Å². The van der Waals surface area contributed by atoms with Gasteiger partial charge in [-0.1, -0.05) is 54.6 Å². The second kappa shape index (κ2) is 8.01. The number of anilines is 1. The second-order valence-corrected chi connectivity index (χ2v) is 7.55. The molecule has 1 N–H and O–H groups in total. The summed E-state index contributed by atoms with van der Waals surface area (Å²) in [7, 11) is 0. The molecule has 0 radical (unpaired) electrons. The summed E-state index contributed by atoms with van der Waals surface area (Å²) in [5.74, 6) is -1.32. The first-order valence-electron chi connectivity index (χ1n) is 9.12. The second-order valence-electron chi connectivity index (χ2n) is 6.70.